The highest BCUT2D eigenvalue weighted by Gasteiger charge is 2.24. The van der Waals surface area contributed by atoms with Crippen molar-refractivity contribution in [3.05, 3.63) is 41.5 Å². The molecule has 1 N–H and O–H groups in total. The van der Waals surface area contributed by atoms with Crippen molar-refractivity contribution in [1.29, 1.82) is 0 Å². The van der Waals surface area contributed by atoms with Crippen LogP contribution in [0.15, 0.2) is 30.4 Å². The van der Waals surface area contributed by atoms with Crippen molar-refractivity contribution in [2.24, 2.45) is 0 Å². The zero-order chi connectivity index (χ0) is 14.0. The van der Waals surface area contributed by atoms with Gasteiger partial charge in [0.15, 0.2) is 0 Å². The predicted molar refractivity (Wildman–Crippen MR) is 73.5 cm³/mol. The van der Waals surface area contributed by atoms with E-state index in [1.807, 2.05) is 6.92 Å². The number of carboxylic acids is 1. The molecule has 1 aromatic carbocycles. The minimum Gasteiger partial charge on any atom is -0.478 e. The maximum Gasteiger partial charge on any atom is 0.335 e. The van der Waals surface area contributed by atoms with Gasteiger partial charge in [-0.05, 0) is 43.5 Å². The standard InChI is InChI=1S/C15H17NO3/c1-10(2)7-8-16-13-5-3-12(15(18)19)9-11(13)4-6-14(16)17/h3,5,9H,1,4,6-8H2,2H3,(H,18,19). The Morgan fingerprint density at radius 3 is 2.79 bits per heavy atom. The van der Waals surface area contributed by atoms with Crippen LogP contribution in [0.25, 0.3) is 0 Å². The number of hydrogen-bond acceptors (Lipinski definition) is 2. The average Bonchev–Trinajstić information content (AvgIpc) is 2.36. The summed E-state index contributed by atoms with van der Waals surface area (Å²) in [5.74, 6) is -0.843. The lowest BCUT2D eigenvalue weighted by Crippen LogP contribution is -2.36. The van der Waals surface area contributed by atoms with Crippen molar-refractivity contribution in [2.45, 2.75) is 26.2 Å². The van der Waals surface area contributed by atoms with Gasteiger partial charge in [0.1, 0.15) is 0 Å². The molecule has 1 amide bonds. The van der Waals surface area contributed by atoms with E-state index in [-0.39, 0.29) is 11.5 Å². The van der Waals surface area contributed by atoms with Crippen LogP contribution in [0.2, 0.25) is 0 Å². The Morgan fingerprint density at radius 2 is 2.16 bits per heavy atom. The summed E-state index contributed by atoms with van der Waals surface area (Å²) in [5, 5.41) is 8.99. The number of anilines is 1. The number of aromatic carboxylic acids is 1. The number of aryl methyl sites for hydroxylation is 1. The van der Waals surface area contributed by atoms with Crippen molar-refractivity contribution in [3.63, 3.8) is 0 Å². The Morgan fingerprint density at radius 1 is 1.42 bits per heavy atom. The minimum atomic E-state index is -0.937. The second kappa shape index (κ2) is 5.26. The molecule has 0 unspecified atom stereocenters. The van der Waals surface area contributed by atoms with Crippen LogP contribution >= 0.6 is 0 Å². The van der Waals surface area contributed by atoms with E-state index in [1.54, 1.807) is 23.1 Å². The van der Waals surface area contributed by atoms with Crippen LogP contribution in [-0.4, -0.2) is 23.5 Å². The summed E-state index contributed by atoms with van der Waals surface area (Å²) < 4.78 is 0. The molecule has 0 bridgehead atoms. The van der Waals surface area contributed by atoms with Gasteiger partial charge in [-0.2, -0.15) is 0 Å². The van der Waals surface area contributed by atoms with Crippen LogP contribution < -0.4 is 4.90 Å². The van der Waals surface area contributed by atoms with E-state index in [1.165, 1.54) is 0 Å². The number of fused-ring (bicyclic) bond motifs is 1. The first-order valence-electron chi connectivity index (χ1n) is 6.30. The molecule has 1 aromatic rings. The lowest BCUT2D eigenvalue weighted by molar-refractivity contribution is -0.118. The van der Waals surface area contributed by atoms with E-state index in [4.69, 9.17) is 5.11 Å². The van der Waals surface area contributed by atoms with Gasteiger partial charge in [-0.25, -0.2) is 4.79 Å². The van der Waals surface area contributed by atoms with Gasteiger partial charge >= 0.3 is 5.97 Å². The van der Waals surface area contributed by atoms with Crippen molar-refractivity contribution in [1.82, 2.24) is 0 Å². The van der Waals surface area contributed by atoms with Gasteiger partial charge in [0.25, 0.3) is 0 Å². The fourth-order valence-corrected chi connectivity index (χ4v) is 2.24. The third kappa shape index (κ3) is 2.84. The summed E-state index contributed by atoms with van der Waals surface area (Å²) in [4.78, 5) is 24.7. The molecule has 0 spiro atoms. The van der Waals surface area contributed by atoms with E-state index in [2.05, 4.69) is 6.58 Å². The first kappa shape index (κ1) is 13.3. The number of carbonyl (C=O) groups excluding carboxylic acids is 1. The van der Waals surface area contributed by atoms with Gasteiger partial charge < -0.3 is 10.0 Å². The molecule has 4 nitrogen and oxygen atoms in total. The van der Waals surface area contributed by atoms with Gasteiger partial charge in [-0.3, -0.25) is 4.79 Å². The van der Waals surface area contributed by atoms with Gasteiger partial charge in [-0.15, -0.1) is 6.58 Å². The molecule has 2 rings (SSSR count). The topological polar surface area (TPSA) is 57.6 Å². The van der Waals surface area contributed by atoms with Crippen LogP contribution in [0.1, 0.15) is 35.7 Å². The average molecular weight is 259 g/mol. The highest BCUT2D eigenvalue weighted by Crippen LogP contribution is 2.29. The molecular weight excluding hydrogens is 242 g/mol. The predicted octanol–water partition coefficient (Wildman–Crippen LogP) is 2.63. The number of amides is 1. The van der Waals surface area contributed by atoms with Gasteiger partial charge in [0, 0.05) is 18.7 Å². The van der Waals surface area contributed by atoms with Crippen molar-refractivity contribution < 1.29 is 14.7 Å². The van der Waals surface area contributed by atoms with Crippen LogP contribution in [0.4, 0.5) is 5.69 Å². The minimum absolute atomic E-state index is 0.0943. The number of hydrogen-bond donors (Lipinski definition) is 1. The molecule has 0 aliphatic carbocycles. The molecule has 19 heavy (non-hydrogen) atoms. The molecule has 100 valence electrons. The van der Waals surface area contributed by atoms with Crippen LogP contribution in [0, 0.1) is 0 Å². The molecule has 0 saturated carbocycles. The molecule has 0 saturated heterocycles. The van der Waals surface area contributed by atoms with Crippen molar-refractivity contribution >= 4 is 17.6 Å². The lowest BCUT2D eigenvalue weighted by Gasteiger charge is -2.29. The first-order chi connectivity index (χ1) is 8.99. The Balaban J connectivity index is 2.31. The van der Waals surface area contributed by atoms with E-state index in [0.29, 0.717) is 19.4 Å². The highest BCUT2D eigenvalue weighted by atomic mass is 16.4. The smallest absolute Gasteiger partial charge is 0.335 e. The van der Waals surface area contributed by atoms with E-state index in [0.717, 1.165) is 23.2 Å². The second-order valence-corrected chi connectivity index (χ2v) is 4.90. The first-order valence-corrected chi connectivity index (χ1v) is 6.30. The molecule has 1 aliphatic rings. The third-order valence-corrected chi connectivity index (χ3v) is 3.29. The molecule has 0 radical (unpaired) electrons. The highest BCUT2D eigenvalue weighted by molar-refractivity contribution is 5.97. The molecule has 0 aromatic heterocycles. The maximum absolute atomic E-state index is 12.0. The Labute approximate surface area is 112 Å². The largest absolute Gasteiger partial charge is 0.478 e. The van der Waals surface area contributed by atoms with E-state index >= 15 is 0 Å². The summed E-state index contributed by atoms with van der Waals surface area (Å²) in [6, 6.07) is 4.94. The summed E-state index contributed by atoms with van der Waals surface area (Å²) in [6.45, 7) is 6.38. The Hall–Kier alpha value is -2.10. The number of rotatable bonds is 4. The summed E-state index contributed by atoms with van der Waals surface area (Å²) >= 11 is 0. The van der Waals surface area contributed by atoms with E-state index < -0.39 is 5.97 Å². The zero-order valence-electron chi connectivity index (χ0n) is 11.0. The van der Waals surface area contributed by atoms with Crippen LogP contribution in [0.3, 0.4) is 0 Å². The third-order valence-electron chi connectivity index (χ3n) is 3.29. The fourth-order valence-electron chi connectivity index (χ4n) is 2.24. The molecule has 1 heterocycles. The van der Waals surface area contributed by atoms with Gasteiger partial charge in [0.05, 0.1) is 5.56 Å². The molecule has 0 fully saturated rings. The second-order valence-electron chi connectivity index (χ2n) is 4.90. The summed E-state index contributed by atoms with van der Waals surface area (Å²) in [5.41, 5.74) is 3.07. The van der Waals surface area contributed by atoms with Crippen molar-refractivity contribution in [2.75, 3.05) is 11.4 Å². The number of benzene rings is 1. The number of carbonyl (C=O) groups is 2. The molecular formula is C15H17NO3. The quantitative estimate of drug-likeness (QED) is 0.846. The van der Waals surface area contributed by atoms with Crippen LogP contribution in [0.5, 0.6) is 0 Å². The van der Waals surface area contributed by atoms with Crippen LogP contribution in [-0.2, 0) is 11.2 Å². The molecule has 0 atom stereocenters. The SMILES string of the molecule is C=C(C)CCN1C(=O)CCc2cc(C(=O)O)ccc21. The number of carboxylic acid groups (broad SMARTS) is 1. The Kier molecular flexibility index (Phi) is 3.69. The summed E-state index contributed by atoms with van der Waals surface area (Å²) in [7, 11) is 0. The Bertz CT molecular complexity index is 548. The normalized spacial score (nSPS) is 14.2. The van der Waals surface area contributed by atoms with Crippen molar-refractivity contribution in [3.8, 4) is 0 Å². The summed E-state index contributed by atoms with van der Waals surface area (Å²) in [6.07, 6.45) is 1.80. The fraction of sp³-hybridized carbons (Fsp3) is 0.333. The van der Waals surface area contributed by atoms with Gasteiger partial charge in [-0.1, -0.05) is 5.57 Å². The maximum atomic E-state index is 12.0. The lowest BCUT2D eigenvalue weighted by atomic mass is 9.98. The van der Waals surface area contributed by atoms with Gasteiger partial charge in [0.2, 0.25) is 5.91 Å². The molecule has 4 heteroatoms. The molecule has 1 aliphatic heterocycles. The zero-order valence-corrected chi connectivity index (χ0v) is 11.0. The number of nitrogens with zero attached hydrogens (tertiary/aromatic N) is 1. The van der Waals surface area contributed by atoms with E-state index in [9.17, 15) is 9.59 Å². The monoisotopic (exact) mass is 259 g/mol.